The first-order valence-electron chi connectivity index (χ1n) is 4.03. The highest BCUT2D eigenvalue weighted by Crippen LogP contribution is 2.31. The van der Waals surface area contributed by atoms with Gasteiger partial charge < -0.3 is 4.79 Å². The smallest absolute Gasteiger partial charge is 0.130 e. The van der Waals surface area contributed by atoms with Crippen LogP contribution in [-0.4, -0.2) is 12.0 Å². The van der Waals surface area contributed by atoms with E-state index < -0.39 is 0 Å². The third-order valence-electron chi connectivity index (χ3n) is 1.16. The number of terminal acetylenes is 1. The maximum Gasteiger partial charge on any atom is 0.130 e. The summed E-state index contributed by atoms with van der Waals surface area (Å²) in [5.41, 5.74) is 0.119. The number of thioether (sulfide) groups is 1. The normalized spacial score (nSPS) is 9.15. The maximum atomic E-state index is 9.97. The zero-order valence-electron chi connectivity index (χ0n) is 8.89. The van der Waals surface area contributed by atoms with Gasteiger partial charge in [-0.05, 0) is 17.2 Å². The fourth-order valence-electron chi connectivity index (χ4n) is 0.351. The summed E-state index contributed by atoms with van der Waals surface area (Å²) in [4.78, 5) is 11.0. The van der Waals surface area contributed by atoms with Crippen LogP contribution in [0.15, 0.2) is 11.5 Å². The van der Waals surface area contributed by atoms with Gasteiger partial charge in [0.15, 0.2) is 0 Å². The standard InChI is InChI=1S/C8H14OS.C3H4/c1-7(8(2,3)4)10-6-5-9;1-3-2/h5H,1,6H2,2-4H3;1H,2H3. The van der Waals surface area contributed by atoms with Gasteiger partial charge >= 0.3 is 0 Å². The van der Waals surface area contributed by atoms with E-state index in [1.54, 1.807) is 6.92 Å². The Morgan fingerprint density at radius 1 is 1.62 bits per heavy atom. The molecule has 0 spiro atoms. The molecule has 0 aromatic heterocycles. The van der Waals surface area contributed by atoms with Gasteiger partial charge in [0.05, 0.1) is 5.75 Å². The Kier molecular flexibility index (Phi) is 9.06. The minimum atomic E-state index is 0.119. The molecule has 0 N–H and O–H groups in total. The van der Waals surface area contributed by atoms with Crippen LogP contribution in [0.25, 0.3) is 0 Å². The van der Waals surface area contributed by atoms with Crippen LogP contribution in [0.3, 0.4) is 0 Å². The predicted octanol–water partition coefficient (Wildman–Crippen LogP) is 3.12. The first-order valence-corrected chi connectivity index (χ1v) is 5.01. The summed E-state index contributed by atoms with van der Waals surface area (Å²) < 4.78 is 0. The molecule has 0 bridgehead atoms. The fraction of sp³-hybridized carbons (Fsp3) is 0.545. The van der Waals surface area contributed by atoms with Crippen molar-refractivity contribution in [3.63, 3.8) is 0 Å². The van der Waals surface area contributed by atoms with Crippen molar-refractivity contribution in [2.75, 3.05) is 5.75 Å². The van der Waals surface area contributed by atoms with Gasteiger partial charge in [-0.2, -0.15) is 0 Å². The first kappa shape index (κ1) is 14.8. The molecule has 0 aliphatic heterocycles. The SMILES string of the molecule is C#CC.C=C(SCC=O)C(C)(C)C. The van der Waals surface area contributed by atoms with E-state index in [0.29, 0.717) is 5.75 Å². The summed E-state index contributed by atoms with van der Waals surface area (Å²) in [6.07, 6.45) is 5.50. The molecule has 0 radical (unpaired) electrons. The van der Waals surface area contributed by atoms with E-state index in [4.69, 9.17) is 0 Å². The van der Waals surface area contributed by atoms with Crippen LogP contribution in [-0.2, 0) is 4.79 Å². The van der Waals surface area contributed by atoms with Crippen molar-refractivity contribution in [2.24, 2.45) is 5.41 Å². The minimum absolute atomic E-state index is 0.119. The second-order valence-electron chi connectivity index (χ2n) is 3.44. The molecule has 13 heavy (non-hydrogen) atoms. The minimum Gasteiger partial charge on any atom is -0.302 e. The first-order chi connectivity index (χ1) is 5.90. The lowest BCUT2D eigenvalue weighted by Crippen LogP contribution is -2.05. The van der Waals surface area contributed by atoms with E-state index in [9.17, 15) is 4.79 Å². The van der Waals surface area contributed by atoms with Gasteiger partial charge in [-0.15, -0.1) is 24.1 Å². The Bertz CT molecular complexity index is 193. The van der Waals surface area contributed by atoms with Crippen molar-refractivity contribution in [3.05, 3.63) is 11.5 Å². The van der Waals surface area contributed by atoms with Crippen LogP contribution >= 0.6 is 11.8 Å². The molecule has 0 aromatic carbocycles. The monoisotopic (exact) mass is 198 g/mol. The van der Waals surface area contributed by atoms with E-state index in [-0.39, 0.29) is 5.41 Å². The topological polar surface area (TPSA) is 17.1 Å². The average Bonchev–Trinajstić information content (AvgIpc) is 1.99. The molecule has 0 fully saturated rings. The number of carbonyl (C=O) groups is 1. The van der Waals surface area contributed by atoms with E-state index in [1.807, 2.05) is 0 Å². The Balaban J connectivity index is 0. The lowest BCUT2D eigenvalue weighted by atomic mass is 9.97. The van der Waals surface area contributed by atoms with E-state index in [2.05, 4.69) is 39.7 Å². The quantitative estimate of drug-likeness (QED) is 0.512. The lowest BCUT2D eigenvalue weighted by Gasteiger charge is -2.19. The van der Waals surface area contributed by atoms with Crippen molar-refractivity contribution in [1.82, 2.24) is 0 Å². The second kappa shape index (κ2) is 7.94. The zero-order chi connectivity index (χ0) is 10.9. The third kappa shape index (κ3) is 11.3. The van der Waals surface area contributed by atoms with Crippen molar-refractivity contribution >= 4 is 18.0 Å². The number of hydrogen-bond donors (Lipinski definition) is 0. The van der Waals surface area contributed by atoms with E-state index >= 15 is 0 Å². The Morgan fingerprint density at radius 2 is 2.00 bits per heavy atom. The molecule has 0 aromatic rings. The van der Waals surface area contributed by atoms with Crippen LogP contribution in [0, 0.1) is 17.8 Å². The zero-order valence-corrected chi connectivity index (χ0v) is 9.70. The van der Waals surface area contributed by atoms with Gasteiger partial charge in [0.2, 0.25) is 0 Å². The van der Waals surface area contributed by atoms with Crippen LogP contribution < -0.4 is 0 Å². The van der Waals surface area contributed by atoms with Crippen LogP contribution in [0.4, 0.5) is 0 Å². The Hall–Kier alpha value is -0.680. The Labute approximate surface area is 86.0 Å². The molecule has 0 rings (SSSR count). The number of carbonyl (C=O) groups excluding carboxylic acids is 1. The van der Waals surface area contributed by atoms with Gasteiger partial charge in [-0.3, -0.25) is 0 Å². The maximum absolute atomic E-state index is 9.97. The molecule has 0 amide bonds. The van der Waals surface area contributed by atoms with Crippen LogP contribution in [0.5, 0.6) is 0 Å². The van der Waals surface area contributed by atoms with Crippen LogP contribution in [0.1, 0.15) is 27.7 Å². The van der Waals surface area contributed by atoms with Crippen molar-refractivity contribution in [3.8, 4) is 12.3 Å². The molecular formula is C11H18OS. The van der Waals surface area contributed by atoms with Crippen molar-refractivity contribution in [2.45, 2.75) is 27.7 Å². The summed E-state index contributed by atoms with van der Waals surface area (Å²) in [6.45, 7) is 11.8. The van der Waals surface area contributed by atoms with Gasteiger partial charge in [0.1, 0.15) is 6.29 Å². The van der Waals surface area contributed by atoms with Gasteiger partial charge in [-0.1, -0.05) is 27.4 Å². The highest BCUT2D eigenvalue weighted by Gasteiger charge is 2.14. The number of allylic oxidation sites excluding steroid dienone is 1. The summed E-state index contributed by atoms with van der Waals surface area (Å²) in [5.74, 6) is 2.77. The number of rotatable bonds is 3. The van der Waals surface area contributed by atoms with E-state index in [1.165, 1.54) is 11.8 Å². The summed E-state index contributed by atoms with van der Waals surface area (Å²) in [5, 5.41) is 0. The molecule has 0 atom stereocenters. The van der Waals surface area contributed by atoms with Gasteiger partial charge in [-0.25, -0.2) is 0 Å². The third-order valence-corrected chi connectivity index (χ3v) is 2.43. The molecule has 1 nitrogen and oxygen atoms in total. The molecule has 0 saturated carbocycles. The second-order valence-corrected chi connectivity index (χ2v) is 4.55. The number of hydrogen-bond acceptors (Lipinski definition) is 2. The summed E-state index contributed by atoms with van der Waals surface area (Å²) >= 11 is 1.52. The summed E-state index contributed by atoms with van der Waals surface area (Å²) in [7, 11) is 0. The molecule has 74 valence electrons. The largest absolute Gasteiger partial charge is 0.302 e. The molecule has 0 unspecified atom stereocenters. The molecule has 2 heteroatoms. The van der Waals surface area contributed by atoms with Crippen LogP contribution in [0.2, 0.25) is 0 Å². The highest BCUT2D eigenvalue weighted by atomic mass is 32.2. The Morgan fingerprint density at radius 3 is 2.23 bits per heavy atom. The molecule has 0 aliphatic rings. The van der Waals surface area contributed by atoms with E-state index in [0.717, 1.165) is 11.2 Å². The average molecular weight is 198 g/mol. The lowest BCUT2D eigenvalue weighted by molar-refractivity contribution is -0.105. The highest BCUT2D eigenvalue weighted by molar-refractivity contribution is 8.03. The predicted molar refractivity (Wildman–Crippen MR) is 61.6 cm³/mol. The van der Waals surface area contributed by atoms with Crippen molar-refractivity contribution in [1.29, 1.82) is 0 Å². The molecule has 0 heterocycles. The molecule has 0 saturated heterocycles. The number of aldehydes is 1. The van der Waals surface area contributed by atoms with Crippen molar-refractivity contribution < 1.29 is 4.79 Å². The summed E-state index contributed by atoms with van der Waals surface area (Å²) in [6, 6.07) is 0. The molecule has 0 aliphatic carbocycles. The fourth-order valence-corrected chi connectivity index (χ4v) is 1.05. The van der Waals surface area contributed by atoms with Gasteiger partial charge in [0.25, 0.3) is 0 Å². The van der Waals surface area contributed by atoms with Gasteiger partial charge in [0, 0.05) is 0 Å². The molecular weight excluding hydrogens is 180 g/mol.